The van der Waals surface area contributed by atoms with Gasteiger partial charge in [0.05, 0.1) is 5.56 Å². The Labute approximate surface area is 130 Å². The van der Waals surface area contributed by atoms with E-state index < -0.39 is 0 Å². The number of nitrogens with zero attached hydrogens (tertiary/aromatic N) is 2. The molecule has 2 aromatic rings. The fraction of sp³-hybridized carbons (Fsp3) is 0.294. The highest BCUT2D eigenvalue weighted by molar-refractivity contribution is 6.07. The van der Waals surface area contributed by atoms with Crippen molar-refractivity contribution in [3.8, 4) is 0 Å². The number of hydrogen-bond acceptors (Lipinski definition) is 4. The molecule has 0 radical (unpaired) electrons. The summed E-state index contributed by atoms with van der Waals surface area (Å²) in [4.78, 5) is 18.9. The average Bonchev–Trinajstić information content (AvgIpc) is 2.94. The van der Waals surface area contributed by atoms with Crippen LogP contribution in [0.5, 0.6) is 0 Å². The van der Waals surface area contributed by atoms with Gasteiger partial charge >= 0.3 is 0 Å². The van der Waals surface area contributed by atoms with Crippen molar-refractivity contribution in [1.82, 2.24) is 4.98 Å². The quantitative estimate of drug-likeness (QED) is 0.914. The molecule has 1 aromatic carbocycles. The van der Waals surface area contributed by atoms with Crippen LogP contribution in [0.4, 0.5) is 17.2 Å². The number of carbonyl (C=O) groups is 1. The number of fused-ring (bicyclic) bond motifs is 1. The molecule has 1 amide bonds. The fourth-order valence-corrected chi connectivity index (χ4v) is 2.64. The Hall–Kier alpha value is -2.56. The number of aryl methyl sites for hydroxylation is 1. The molecule has 0 atom stereocenters. The molecule has 0 spiro atoms. The number of rotatable bonds is 3. The molecule has 1 aliphatic heterocycles. The van der Waals surface area contributed by atoms with Crippen molar-refractivity contribution < 1.29 is 4.79 Å². The first kappa shape index (κ1) is 14.4. The molecule has 0 aliphatic carbocycles. The topological polar surface area (TPSA) is 57.3 Å². The Bertz CT molecular complexity index is 725. The Kier molecular flexibility index (Phi) is 3.71. The molecular formula is C17H20N4O. The zero-order valence-electron chi connectivity index (χ0n) is 13.1. The summed E-state index contributed by atoms with van der Waals surface area (Å²) < 4.78 is 0. The zero-order chi connectivity index (χ0) is 15.7. The summed E-state index contributed by atoms with van der Waals surface area (Å²) in [5.41, 5.74) is 4.69. The number of amides is 1. The highest BCUT2D eigenvalue weighted by Gasteiger charge is 2.16. The second-order valence-corrected chi connectivity index (χ2v) is 5.72. The number of hydrogen-bond donors (Lipinski definition) is 2. The molecule has 0 bridgehead atoms. The van der Waals surface area contributed by atoms with Crippen molar-refractivity contribution in [3.63, 3.8) is 0 Å². The van der Waals surface area contributed by atoms with E-state index in [9.17, 15) is 4.79 Å². The van der Waals surface area contributed by atoms with E-state index >= 15 is 0 Å². The molecule has 1 aliphatic rings. The lowest BCUT2D eigenvalue weighted by Gasteiger charge is -2.16. The van der Waals surface area contributed by atoms with Crippen LogP contribution in [-0.2, 0) is 6.42 Å². The van der Waals surface area contributed by atoms with Crippen molar-refractivity contribution in [2.45, 2.75) is 13.3 Å². The van der Waals surface area contributed by atoms with E-state index in [1.165, 1.54) is 5.56 Å². The Morgan fingerprint density at radius 3 is 2.86 bits per heavy atom. The molecule has 1 aromatic heterocycles. The summed E-state index contributed by atoms with van der Waals surface area (Å²) in [6.07, 6.45) is 0.994. The van der Waals surface area contributed by atoms with Gasteiger partial charge in [-0.1, -0.05) is 0 Å². The molecule has 3 rings (SSSR count). The molecular weight excluding hydrogens is 276 g/mol. The molecule has 114 valence electrons. The van der Waals surface area contributed by atoms with Crippen LogP contribution >= 0.6 is 0 Å². The van der Waals surface area contributed by atoms with Gasteiger partial charge in [-0.25, -0.2) is 4.98 Å². The fourth-order valence-electron chi connectivity index (χ4n) is 2.64. The first-order valence-corrected chi connectivity index (χ1v) is 7.38. The number of anilines is 3. The van der Waals surface area contributed by atoms with Gasteiger partial charge in [0.25, 0.3) is 5.91 Å². The number of nitrogens with one attached hydrogen (secondary N) is 2. The Morgan fingerprint density at radius 2 is 2.09 bits per heavy atom. The van der Waals surface area contributed by atoms with Gasteiger partial charge in [-0.3, -0.25) is 4.79 Å². The maximum atomic E-state index is 12.6. The molecule has 0 unspecified atom stereocenters. The van der Waals surface area contributed by atoms with Crippen molar-refractivity contribution in [2.24, 2.45) is 0 Å². The third-order valence-electron chi connectivity index (χ3n) is 3.76. The van der Waals surface area contributed by atoms with Gasteiger partial charge in [0.1, 0.15) is 5.82 Å². The first-order chi connectivity index (χ1) is 10.5. The first-order valence-electron chi connectivity index (χ1n) is 7.38. The molecule has 5 heteroatoms. The van der Waals surface area contributed by atoms with Crippen LogP contribution in [0.15, 0.2) is 30.3 Å². The zero-order valence-corrected chi connectivity index (χ0v) is 13.1. The van der Waals surface area contributed by atoms with Gasteiger partial charge in [0, 0.05) is 37.7 Å². The summed E-state index contributed by atoms with van der Waals surface area (Å²) in [5, 5.41) is 6.28. The predicted molar refractivity (Wildman–Crippen MR) is 89.9 cm³/mol. The lowest BCUT2D eigenvalue weighted by atomic mass is 10.1. The second-order valence-electron chi connectivity index (χ2n) is 5.72. The summed E-state index contributed by atoms with van der Waals surface area (Å²) in [7, 11) is 3.78. The van der Waals surface area contributed by atoms with E-state index in [0.29, 0.717) is 11.4 Å². The highest BCUT2D eigenvalue weighted by Crippen LogP contribution is 2.26. The van der Waals surface area contributed by atoms with Gasteiger partial charge in [0.15, 0.2) is 0 Å². The SMILES string of the molecule is Cc1ccc(C(=O)Nc2ccc3c(c2)CCN3)c(N(C)C)n1. The van der Waals surface area contributed by atoms with Gasteiger partial charge in [-0.15, -0.1) is 0 Å². The predicted octanol–water partition coefficient (Wildman–Crippen LogP) is 2.68. The summed E-state index contributed by atoms with van der Waals surface area (Å²) in [6, 6.07) is 9.64. The minimum absolute atomic E-state index is 0.137. The lowest BCUT2D eigenvalue weighted by Crippen LogP contribution is -2.20. The third-order valence-corrected chi connectivity index (χ3v) is 3.76. The minimum atomic E-state index is -0.137. The minimum Gasteiger partial charge on any atom is -0.384 e. The Balaban J connectivity index is 1.86. The van der Waals surface area contributed by atoms with Crippen LogP contribution in [0.25, 0.3) is 0 Å². The highest BCUT2D eigenvalue weighted by atomic mass is 16.1. The molecule has 0 saturated heterocycles. The van der Waals surface area contributed by atoms with Crippen LogP contribution in [0.1, 0.15) is 21.6 Å². The summed E-state index contributed by atoms with van der Waals surface area (Å²) in [6.45, 7) is 2.88. The van der Waals surface area contributed by atoms with Gasteiger partial charge in [0.2, 0.25) is 0 Å². The normalized spacial score (nSPS) is 12.5. The number of aromatic nitrogens is 1. The maximum Gasteiger partial charge on any atom is 0.259 e. The van der Waals surface area contributed by atoms with E-state index in [0.717, 1.165) is 30.0 Å². The second kappa shape index (κ2) is 5.67. The molecule has 2 heterocycles. The third kappa shape index (κ3) is 2.74. The van der Waals surface area contributed by atoms with E-state index in [2.05, 4.69) is 15.6 Å². The van der Waals surface area contributed by atoms with Crippen LogP contribution in [0.2, 0.25) is 0 Å². The lowest BCUT2D eigenvalue weighted by molar-refractivity contribution is 0.102. The summed E-state index contributed by atoms with van der Waals surface area (Å²) in [5.74, 6) is 0.544. The van der Waals surface area contributed by atoms with Crippen molar-refractivity contribution in [1.29, 1.82) is 0 Å². The monoisotopic (exact) mass is 296 g/mol. The van der Waals surface area contributed by atoms with Crippen molar-refractivity contribution >= 4 is 23.1 Å². The van der Waals surface area contributed by atoms with Crippen LogP contribution in [0.3, 0.4) is 0 Å². The standard InChI is InChI=1S/C17H20N4O/c1-11-4-6-14(16(19-11)21(2)3)17(22)20-13-5-7-15-12(10-13)8-9-18-15/h4-7,10,18H,8-9H2,1-3H3,(H,20,22). The smallest absolute Gasteiger partial charge is 0.259 e. The van der Waals surface area contributed by atoms with Crippen LogP contribution in [0, 0.1) is 6.92 Å². The van der Waals surface area contributed by atoms with Gasteiger partial charge < -0.3 is 15.5 Å². The van der Waals surface area contributed by atoms with Gasteiger partial charge in [-0.2, -0.15) is 0 Å². The largest absolute Gasteiger partial charge is 0.384 e. The van der Waals surface area contributed by atoms with E-state index in [4.69, 9.17) is 0 Å². The van der Waals surface area contributed by atoms with E-state index in [1.807, 2.05) is 56.3 Å². The molecule has 0 fully saturated rings. The van der Waals surface area contributed by atoms with Crippen LogP contribution in [-0.4, -0.2) is 31.5 Å². The molecule has 0 saturated carbocycles. The molecule has 2 N–H and O–H groups in total. The van der Waals surface area contributed by atoms with Gasteiger partial charge in [-0.05, 0) is 49.2 Å². The van der Waals surface area contributed by atoms with E-state index in [1.54, 1.807) is 0 Å². The number of carbonyl (C=O) groups excluding carboxylic acids is 1. The average molecular weight is 296 g/mol. The van der Waals surface area contributed by atoms with E-state index in [-0.39, 0.29) is 5.91 Å². The van der Waals surface area contributed by atoms with Crippen molar-refractivity contribution in [2.75, 3.05) is 36.2 Å². The van der Waals surface area contributed by atoms with Crippen molar-refractivity contribution in [3.05, 3.63) is 47.2 Å². The number of benzene rings is 1. The Morgan fingerprint density at radius 1 is 1.27 bits per heavy atom. The van der Waals surface area contributed by atoms with Crippen LogP contribution < -0.4 is 15.5 Å². The summed E-state index contributed by atoms with van der Waals surface area (Å²) >= 11 is 0. The molecule has 5 nitrogen and oxygen atoms in total. The molecule has 22 heavy (non-hydrogen) atoms. The maximum absolute atomic E-state index is 12.6. The number of pyridine rings is 1.